The first-order chi connectivity index (χ1) is 7.68. The van der Waals surface area contributed by atoms with Crippen LogP contribution in [0.15, 0.2) is 12.4 Å². The maximum Gasteiger partial charge on any atom is 0.0746 e. The molecule has 0 radical (unpaired) electrons. The van der Waals surface area contributed by atoms with Crippen LogP contribution in [0.25, 0.3) is 0 Å². The standard InChI is InChI=1S/C13H25N3O/c1-12(2,3)14-10-13(4,17)7-6-11-8-15-16(5)9-11/h8-9,14,17H,6-7,10H2,1-5H3. The third kappa shape index (κ3) is 5.84. The zero-order valence-electron chi connectivity index (χ0n) is 11.6. The molecule has 1 heterocycles. The first-order valence-corrected chi connectivity index (χ1v) is 6.13. The molecule has 17 heavy (non-hydrogen) atoms. The van der Waals surface area contributed by atoms with E-state index in [2.05, 4.69) is 31.2 Å². The number of nitrogens with one attached hydrogen (secondary N) is 1. The van der Waals surface area contributed by atoms with Crippen molar-refractivity contribution >= 4 is 0 Å². The minimum absolute atomic E-state index is 0.0400. The van der Waals surface area contributed by atoms with Crippen LogP contribution in [0, 0.1) is 0 Å². The van der Waals surface area contributed by atoms with Crippen LogP contribution in [0.5, 0.6) is 0 Å². The fourth-order valence-electron chi connectivity index (χ4n) is 1.56. The molecular formula is C13H25N3O. The predicted molar refractivity (Wildman–Crippen MR) is 69.9 cm³/mol. The highest BCUT2D eigenvalue weighted by Crippen LogP contribution is 2.14. The van der Waals surface area contributed by atoms with Crippen molar-refractivity contribution in [1.82, 2.24) is 15.1 Å². The van der Waals surface area contributed by atoms with E-state index in [1.165, 1.54) is 5.56 Å². The third-order valence-electron chi connectivity index (χ3n) is 2.71. The second-order valence-electron chi connectivity index (χ2n) is 6.12. The van der Waals surface area contributed by atoms with E-state index in [4.69, 9.17) is 0 Å². The average molecular weight is 239 g/mol. The van der Waals surface area contributed by atoms with Gasteiger partial charge in [-0.3, -0.25) is 4.68 Å². The lowest BCUT2D eigenvalue weighted by Gasteiger charge is -2.29. The second kappa shape index (κ2) is 5.19. The lowest BCUT2D eigenvalue weighted by Crippen LogP contribution is -2.46. The molecule has 98 valence electrons. The first-order valence-electron chi connectivity index (χ1n) is 6.13. The van der Waals surface area contributed by atoms with E-state index in [0.29, 0.717) is 6.54 Å². The van der Waals surface area contributed by atoms with Crippen LogP contribution in [0.4, 0.5) is 0 Å². The van der Waals surface area contributed by atoms with Crippen LogP contribution >= 0.6 is 0 Å². The molecule has 1 atom stereocenters. The molecule has 0 aromatic carbocycles. The lowest BCUT2D eigenvalue weighted by atomic mass is 9.96. The van der Waals surface area contributed by atoms with Gasteiger partial charge in [0.15, 0.2) is 0 Å². The molecule has 0 aliphatic heterocycles. The van der Waals surface area contributed by atoms with Crippen molar-refractivity contribution in [2.45, 2.75) is 51.7 Å². The van der Waals surface area contributed by atoms with Gasteiger partial charge < -0.3 is 10.4 Å². The van der Waals surface area contributed by atoms with Crippen molar-refractivity contribution in [3.63, 3.8) is 0 Å². The smallest absolute Gasteiger partial charge is 0.0746 e. The van der Waals surface area contributed by atoms with Gasteiger partial charge in [-0.1, -0.05) is 0 Å². The van der Waals surface area contributed by atoms with Crippen LogP contribution in [0.3, 0.4) is 0 Å². The molecule has 4 heteroatoms. The molecule has 0 spiro atoms. The molecule has 1 aromatic rings. The molecule has 2 N–H and O–H groups in total. The van der Waals surface area contributed by atoms with Gasteiger partial charge in [-0.05, 0) is 46.1 Å². The summed E-state index contributed by atoms with van der Waals surface area (Å²) in [5.74, 6) is 0. The van der Waals surface area contributed by atoms with Gasteiger partial charge in [-0.15, -0.1) is 0 Å². The van der Waals surface area contributed by atoms with Crippen molar-refractivity contribution < 1.29 is 5.11 Å². The topological polar surface area (TPSA) is 50.1 Å². The number of aryl methyl sites for hydroxylation is 2. The molecule has 1 unspecified atom stereocenters. The number of β-amino-alcohol motifs (C(OH)–C–C–N with tert-alkyl or cyclic N) is 1. The van der Waals surface area contributed by atoms with E-state index in [9.17, 15) is 5.11 Å². The SMILES string of the molecule is Cn1cc(CCC(C)(O)CNC(C)(C)C)cn1. The predicted octanol–water partition coefficient (Wildman–Crippen LogP) is 1.49. The Morgan fingerprint density at radius 1 is 1.35 bits per heavy atom. The summed E-state index contributed by atoms with van der Waals surface area (Å²) in [6.07, 6.45) is 5.44. The van der Waals surface area contributed by atoms with E-state index < -0.39 is 5.60 Å². The van der Waals surface area contributed by atoms with E-state index in [-0.39, 0.29) is 5.54 Å². The van der Waals surface area contributed by atoms with E-state index in [1.807, 2.05) is 26.4 Å². The normalized spacial score (nSPS) is 15.9. The largest absolute Gasteiger partial charge is 0.389 e. The summed E-state index contributed by atoms with van der Waals surface area (Å²) >= 11 is 0. The van der Waals surface area contributed by atoms with Crippen LogP contribution < -0.4 is 5.32 Å². The number of aliphatic hydroxyl groups is 1. The van der Waals surface area contributed by atoms with Crippen LogP contribution in [-0.4, -0.2) is 32.6 Å². The zero-order chi connectivity index (χ0) is 13.1. The highest BCUT2D eigenvalue weighted by molar-refractivity contribution is 5.04. The monoisotopic (exact) mass is 239 g/mol. The Bertz CT molecular complexity index is 350. The van der Waals surface area contributed by atoms with Gasteiger partial charge in [-0.2, -0.15) is 5.10 Å². The molecule has 0 saturated carbocycles. The zero-order valence-corrected chi connectivity index (χ0v) is 11.6. The summed E-state index contributed by atoms with van der Waals surface area (Å²) in [6, 6.07) is 0. The molecule has 0 aliphatic rings. The second-order valence-corrected chi connectivity index (χ2v) is 6.12. The maximum atomic E-state index is 10.3. The first kappa shape index (κ1) is 14.2. The molecule has 0 aliphatic carbocycles. The summed E-state index contributed by atoms with van der Waals surface area (Å²) in [4.78, 5) is 0. The Labute approximate surface area is 104 Å². The van der Waals surface area contributed by atoms with Gasteiger partial charge in [0.25, 0.3) is 0 Å². The molecule has 1 rings (SSSR count). The van der Waals surface area contributed by atoms with Gasteiger partial charge in [0.2, 0.25) is 0 Å². The maximum absolute atomic E-state index is 10.3. The minimum Gasteiger partial charge on any atom is -0.389 e. The molecular weight excluding hydrogens is 214 g/mol. The lowest BCUT2D eigenvalue weighted by molar-refractivity contribution is 0.0448. The van der Waals surface area contributed by atoms with Gasteiger partial charge in [-0.25, -0.2) is 0 Å². The average Bonchev–Trinajstić information content (AvgIpc) is 2.58. The Morgan fingerprint density at radius 2 is 2.00 bits per heavy atom. The molecule has 1 aromatic heterocycles. The number of hydrogen-bond acceptors (Lipinski definition) is 3. The van der Waals surface area contributed by atoms with Crippen molar-refractivity contribution in [2.75, 3.05) is 6.54 Å². The van der Waals surface area contributed by atoms with Crippen molar-refractivity contribution in [3.05, 3.63) is 18.0 Å². The number of aromatic nitrogens is 2. The van der Waals surface area contributed by atoms with E-state index in [1.54, 1.807) is 4.68 Å². The highest BCUT2D eigenvalue weighted by Gasteiger charge is 2.22. The highest BCUT2D eigenvalue weighted by atomic mass is 16.3. The van der Waals surface area contributed by atoms with Crippen LogP contribution in [0.2, 0.25) is 0 Å². The third-order valence-corrected chi connectivity index (χ3v) is 2.71. The van der Waals surface area contributed by atoms with Crippen molar-refractivity contribution in [3.8, 4) is 0 Å². The molecule has 4 nitrogen and oxygen atoms in total. The summed E-state index contributed by atoms with van der Waals surface area (Å²) in [6.45, 7) is 8.79. The molecule has 0 saturated heterocycles. The summed E-state index contributed by atoms with van der Waals surface area (Å²) in [5, 5.41) is 17.7. The minimum atomic E-state index is -0.677. The molecule has 0 amide bonds. The fraction of sp³-hybridized carbons (Fsp3) is 0.769. The van der Waals surface area contributed by atoms with Crippen LogP contribution in [0.1, 0.15) is 39.7 Å². The Morgan fingerprint density at radius 3 is 2.47 bits per heavy atom. The Kier molecular flexibility index (Phi) is 4.33. The number of nitrogens with zero attached hydrogens (tertiary/aromatic N) is 2. The van der Waals surface area contributed by atoms with Gasteiger partial charge in [0.1, 0.15) is 0 Å². The molecule has 0 fully saturated rings. The summed E-state index contributed by atoms with van der Waals surface area (Å²) in [5.41, 5.74) is 0.532. The van der Waals surface area contributed by atoms with Crippen LogP contribution in [-0.2, 0) is 13.5 Å². The summed E-state index contributed by atoms with van der Waals surface area (Å²) < 4.78 is 1.79. The Balaban J connectivity index is 2.39. The Hall–Kier alpha value is -0.870. The van der Waals surface area contributed by atoms with Gasteiger partial charge in [0.05, 0.1) is 11.8 Å². The van der Waals surface area contributed by atoms with E-state index in [0.717, 1.165) is 12.8 Å². The van der Waals surface area contributed by atoms with Crippen molar-refractivity contribution in [2.24, 2.45) is 7.05 Å². The van der Waals surface area contributed by atoms with Crippen molar-refractivity contribution in [1.29, 1.82) is 0 Å². The number of rotatable bonds is 5. The van der Waals surface area contributed by atoms with E-state index >= 15 is 0 Å². The van der Waals surface area contributed by atoms with Gasteiger partial charge >= 0.3 is 0 Å². The fourth-order valence-corrected chi connectivity index (χ4v) is 1.56. The number of hydrogen-bond donors (Lipinski definition) is 2. The quantitative estimate of drug-likeness (QED) is 0.818. The molecule has 0 bridgehead atoms. The summed E-state index contributed by atoms with van der Waals surface area (Å²) in [7, 11) is 1.91. The van der Waals surface area contributed by atoms with Gasteiger partial charge in [0, 0.05) is 25.3 Å².